The summed E-state index contributed by atoms with van der Waals surface area (Å²) in [5.74, 6) is -0.308. The summed E-state index contributed by atoms with van der Waals surface area (Å²) in [6.45, 7) is -0.0506. The summed E-state index contributed by atoms with van der Waals surface area (Å²) in [6, 6.07) is 7.23. The van der Waals surface area contributed by atoms with Crippen LogP contribution in [0.15, 0.2) is 42.7 Å². The molecule has 1 heterocycles. The SMILES string of the molecule is NCc1cc(-c2ccc(OC(F)(F)F)cc2)c2nccnc2c1CO. The lowest BCUT2D eigenvalue weighted by Gasteiger charge is -2.14. The normalized spacial score (nSPS) is 11.7. The fraction of sp³-hybridized carbons (Fsp3) is 0.176. The molecule has 3 aromatic rings. The standard InChI is InChI=1S/C17H14F3N3O2/c18-17(19,20)25-12-3-1-10(2-4-12)13-7-11(8-21)14(9-24)16-15(13)22-5-6-23-16/h1-7,24H,8-9,21H2. The molecule has 130 valence electrons. The number of benzene rings is 2. The Balaban J connectivity index is 2.12. The van der Waals surface area contributed by atoms with E-state index in [1.165, 1.54) is 36.7 Å². The Bertz CT molecular complexity index is 896. The van der Waals surface area contributed by atoms with E-state index >= 15 is 0 Å². The molecule has 2 aromatic carbocycles. The third-order valence-corrected chi connectivity index (χ3v) is 3.72. The van der Waals surface area contributed by atoms with Crippen molar-refractivity contribution in [2.45, 2.75) is 19.5 Å². The van der Waals surface area contributed by atoms with Crippen LogP contribution >= 0.6 is 0 Å². The first kappa shape index (κ1) is 17.1. The number of aliphatic hydroxyl groups excluding tert-OH is 1. The maximum absolute atomic E-state index is 12.3. The summed E-state index contributed by atoms with van der Waals surface area (Å²) in [7, 11) is 0. The summed E-state index contributed by atoms with van der Waals surface area (Å²) in [6.07, 6.45) is -1.72. The molecule has 25 heavy (non-hydrogen) atoms. The van der Waals surface area contributed by atoms with E-state index in [0.29, 0.717) is 33.3 Å². The van der Waals surface area contributed by atoms with E-state index in [1.54, 1.807) is 6.07 Å². The molecule has 0 fully saturated rings. The van der Waals surface area contributed by atoms with Gasteiger partial charge in [0.2, 0.25) is 0 Å². The summed E-state index contributed by atoms with van der Waals surface area (Å²) >= 11 is 0. The number of rotatable bonds is 4. The first-order valence-electron chi connectivity index (χ1n) is 7.35. The largest absolute Gasteiger partial charge is 0.573 e. The van der Waals surface area contributed by atoms with Gasteiger partial charge in [-0.25, -0.2) is 0 Å². The fourth-order valence-corrected chi connectivity index (χ4v) is 2.65. The predicted octanol–water partition coefficient (Wildman–Crippen LogP) is 3.15. The third-order valence-electron chi connectivity index (χ3n) is 3.72. The molecule has 0 bridgehead atoms. The molecule has 1 aromatic heterocycles. The molecule has 3 N–H and O–H groups in total. The van der Waals surface area contributed by atoms with E-state index in [1.807, 2.05) is 0 Å². The number of hydrogen-bond donors (Lipinski definition) is 2. The van der Waals surface area contributed by atoms with Crippen LogP contribution in [0.2, 0.25) is 0 Å². The zero-order valence-corrected chi connectivity index (χ0v) is 12.9. The molecule has 0 amide bonds. The minimum Gasteiger partial charge on any atom is -0.406 e. The molecule has 3 rings (SSSR count). The highest BCUT2D eigenvalue weighted by Gasteiger charge is 2.31. The molecule has 0 spiro atoms. The quantitative estimate of drug-likeness (QED) is 0.756. The molecule has 5 nitrogen and oxygen atoms in total. The predicted molar refractivity (Wildman–Crippen MR) is 85.5 cm³/mol. The lowest BCUT2D eigenvalue weighted by molar-refractivity contribution is -0.274. The number of alkyl halides is 3. The van der Waals surface area contributed by atoms with Gasteiger partial charge in [0, 0.05) is 30.1 Å². The van der Waals surface area contributed by atoms with Gasteiger partial charge in [-0.15, -0.1) is 13.2 Å². The van der Waals surface area contributed by atoms with Gasteiger partial charge in [0.25, 0.3) is 0 Å². The number of aromatic nitrogens is 2. The van der Waals surface area contributed by atoms with E-state index in [9.17, 15) is 18.3 Å². The summed E-state index contributed by atoms with van der Waals surface area (Å²) in [5, 5.41) is 9.61. The van der Waals surface area contributed by atoms with Gasteiger partial charge in [-0.2, -0.15) is 0 Å². The van der Waals surface area contributed by atoms with Crippen LogP contribution in [0.3, 0.4) is 0 Å². The minimum absolute atomic E-state index is 0.185. The van der Waals surface area contributed by atoms with Crippen molar-refractivity contribution in [3.63, 3.8) is 0 Å². The maximum Gasteiger partial charge on any atom is 0.573 e. The Kier molecular flexibility index (Phi) is 4.56. The van der Waals surface area contributed by atoms with Crippen LogP contribution < -0.4 is 10.5 Å². The Morgan fingerprint density at radius 3 is 2.24 bits per heavy atom. The first-order chi connectivity index (χ1) is 11.9. The molecule has 0 saturated carbocycles. The first-order valence-corrected chi connectivity index (χ1v) is 7.35. The van der Waals surface area contributed by atoms with E-state index < -0.39 is 6.36 Å². The van der Waals surface area contributed by atoms with Gasteiger partial charge in [-0.1, -0.05) is 12.1 Å². The van der Waals surface area contributed by atoms with Gasteiger partial charge >= 0.3 is 6.36 Å². The molecule has 0 saturated heterocycles. The Hall–Kier alpha value is -2.71. The van der Waals surface area contributed by atoms with Crippen molar-refractivity contribution >= 4 is 11.0 Å². The smallest absolute Gasteiger partial charge is 0.406 e. The van der Waals surface area contributed by atoms with E-state index in [0.717, 1.165) is 0 Å². The van der Waals surface area contributed by atoms with Crippen LogP contribution in [0, 0.1) is 0 Å². The van der Waals surface area contributed by atoms with E-state index in [2.05, 4.69) is 14.7 Å². The Labute approximate surface area is 140 Å². The molecule has 0 atom stereocenters. The highest BCUT2D eigenvalue weighted by atomic mass is 19.4. The summed E-state index contributed by atoms with van der Waals surface area (Å²) in [4.78, 5) is 8.56. The van der Waals surface area contributed by atoms with E-state index in [4.69, 9.17) is 5.73 Å². The molecule has 0 unspecified atom stereocenters. The fourth-order valence-electron chi connectivity index (χ4n) is 2.65. The molecule has 0 aliphatic rings. The average molecular weight is 349 g/mol. The Morgan fingerprint density at radius 1 is 1.04 bits per heavy atom. The topological polar surface area (TPSA) is 81.3 Å². The molecular weight excluding hydrogens is 335 g/mol. The van der Waals surface area contributed by atoms with Crippen molar-refractivity contribution in [1.82, 2.24) is 9.97 Å². The summed E-state index contributed by atoms with van der Waals surface area (Å²) in [5.41, 5.74) is 9.39. The van der Waals surface area contributed by atoms with E-state index in [-0.39, 0.29) is 18.9 Å². The monoisotopic (exact) mass is 349 g/mol. The maximum atomic E-state index is 12.3. The minimum atomic E-state index is -4.74. The van der Waals surface area contributed by atoms with Crippen LogP contribution in [0.5, 0.6) is 5.75 Å². The van der Waals surface area contributed by atoms with Crippen molar-refractivity contribution in [3.05, 3.63) is 53.9 Å². The summed E-state index contributed by atoms with van der Waals surface area (Å²) < 4.78 is 40.7. The number of fused-ring (bicyclic) bond motifs is 1. The second-order valence-corrected chi connectivity index (χ2v) is 5.25. The molecule has 0 aliphatic heterocycles. The van der Waals surface area contributed by atoms with Crippen molar-refractivity contribution in [2.75, 3.05) is 0 Å². The van der Waals surface area contributed by atoms with Gasteiger partial charge in [0.1, 0.15) is 5.75 Å². The number of ether oxygens (including phenoxy) is 1. The number of hydrogen-bond acceptors (Lipinski definition) is 5. The van der Waals surface area contributed by atoms with Crippen molar-refractivity contribution in [1.29, 1.82) is 0 Å². The molecule has 0 aliphatic carbocycles. The molecule has 8 heteroatoms. The van der Waals surface area contributed by atoms with Crippen LogP contribution in [0.1, 0.15) is 11.1 Å². The molecule has 0 radical (unpaired) electrons. The zero-order valence-electron chi connectivity index (χ0n) is 12.9. The van der Waals surface area contributed by atoms with Gasteiger partial charge in [-0.3, -0.25) is 9.97 Å². The number of halogens is 3. The highest BCUT2D eigenvalue weighted by molar-refractivity contribution is 5.94. The lowest BCUT2D eigenvalue weighted by Crippen LogP contribution is -2.16. The average Bonchev–Trinajstić information content (AvgIpc) is 2.59. The van der Waals surface area contributed by atoms with Crippen molar-refractivity contribution < 1.29 is 23.0 Å². The van der Waals surface area contributed by atoms with Crippen LogP contribution in [-0.2, 0) is 13.2 Å². The number of nitrogens with two attached hydrogens (primary N) is 1. The highest BCUT2D eigenvalue weighted by Crippen LogP contribution is 2.32. The Morgan fingerprint density at radius 2 is 1.68 bits per heavy atom. The van der Waals surface area contributed by atoms with Crippen molar-refractivity contribution in [3.8, 4) is 16.9 Å². The number of nitrogens with zero attached hydrogens (tertiary/aromatic N) is 2. The second kappa shape index (κ2) is 6.66. The van der Waals surface area contributed by atoms with Crippen LogP contribution in [0.25, 0.3) is 22.2 Å². The van der Waals surface area contributed by atoms with Crippen LogP contribution in [-0.4, -0.2) is 21.4 Å². The zero-order chi connectivity index (χ0) is 18.0. The molecular formula is C17H14F3N3O2. The van der Waals surface area contributed by atoms with Gasteiger partial charge < -0.3 is 15.6 Å². The van der Waals surface area contributed by atoms with Crippen LogP contribution in [0.4, 0.5) is 13.2 Å². The third kappa shape index (κ3) is 3.54. The van der Waals surface area contributed by atoms with Crippen molar-refractivity contribution in [2.24, 2.45) is 5.73 Å². The number of aliphatic hydroxyl groups is 1. The lowest BCUT2D eigenvalue weighted by atomic mass is 9.96. The van der Waals surface area contributed by atoms with Gasteiger partial charge in [-0.05, 0) is 29.3 Å². The second-order valence-electron chi connectivity index (χ2n) is 5.25. The van der Waals surface area contributed by atoms with Gasteiger partial charge in [0.05, 0.1) is 17.6 Å². The van der Waals surface area contributed by atoms with Gasteiger partial charge in [0.15, 0.2) is 0 Å².